The molecule has 1 aromatic rings. The Hall–Kier alpha value is -0.860. The Kier molecular flexibility index (Phi) is 3.22. The van der Waals surface area contributed by atoms with Crippen LogP contribution in [0.2, 0.25) is 0 Å². The Morgan fingerprint density at radius 3 is 1.93 bits per heavy atom. The first-order valence-electron chi connectivity index (χ1n) is 5.47. The van der Waals surface area contributed by atoms with Crippen molar-refractivity contribution >= 4 is 0 Å². The van der Waals surface area contributed by atoms with Crippen LogP contribution in [0, 0.1) is 10.8 Å². The first-order valence-corrected chi connectivity index (χ1v) is 5.47. The minimum Gasteiger partial charge on any atom is -0.339 e. The molecule has 0 aliphatic carbocycles. The highest BCUT2D eigenvalue weighted by Gasteiger charge is 2.19. The molecule has 0 atom stereocenters. The molecule has 0 bridgehead atoms. The Bertz CT molecular complexity index is 285. The van der Waals surface area contributed by atoms with Crippen LogP contribution in [0.5, 0.6) is 0 Å². The van der Waals surface area contributed by atoms with Gasteiger partial charge in [0.05, 0.1) is 0 Å². The van der Waals surface area contributed by atoms with Crippen LogP contribution in [0.3, 0.4) is 0 Å². The molecule has 86 valence electrons. The van der Waals surface area contributed by atoms with Gasteiger partial charge in [-0.25, -0.2) is 0 Å². The van der Waals surface area contributed by atoms with E-state index in [4.69, 9.17) is 4.52 Å². The van der Waals surface area contributed by atoms with Crippen LogP contribution in [0.4, 0.5) is 0 Å². The van der Waals surface area contributed by atoms with Gasteiger partial charge in [0.15, 0.2) is 5.82 Å². The summed E-state index contributed by atoms with van der Waals surface area (Å²) < 4.78 is 5.23. The monoisotopic (exact) mass is 210 g/mol. The van der Waals surface area contributed by atoms with E-state index >= 15 is 0 Å². The van der Waals surface area contributed by atoms with Crippen LogP contribution in [-0.4, -0.2) is 10.1 Å². The van der Waals surface area contributed by atoms with E-state index in [2.05, 4.69) is 51.7 Å². The summed E-state index contributed by atoms with van der Waals surface area (Å²) in [6, 6.07) is 0. The molecule has 0 fully saturated rings. The Morgan fingerprint density at radius 2 is 1.47 bits per heavy atom. The summed E-state index contributed by atoms with van der Waals surface area (Å²) in [5.74, 6) is 1.57. The van der Waals surface area contributed by atoms with Gasteiger partial charge in [0.2, 0.25) is 5.89 Å². The van der Waals surface area contributed by atoms with E-state index in [0.29, 0.717) is 0 Å². The summed E-state index contributed by atoms with van der Waals surface area (Å²) in [5.41, 5.74) is 0.411. The van der Waals surface area contributed by atoms with E-state index in [-0.39, 0.29) is 10.8 Å². The fourth-order valence-corrected chi connectivity index (χ4v) is 1.36. The molecule has 0 aliphatic rings. The van der Waals surface area contributed by atoms with Gasteiger partial charge in [-0.1, -0.05) is 46.7 Å². The van der Waals surface area contributed by atoms with E-state index < -0.39 is 0 Å². The van der Waals surface area contributed by atoms with E-state index in [9.17, 15) is 0 Å². The summed E-state index contributed by atoms with van der Waals surface area (Å²) >= 11 is 0. The third-order valence-electron chi connectivity index (χ3n) is 1.88. The number of hydrogen-bond donors (Lipinski definition) is 0. The second-order valence-electron chi connectivity index (χ2n) is 6.58. The minimum absolute atomic E-state index is 0.200. The summed E-state index contributed by atoms with van der Waals surface area (Å²) in [5, 5.41) is 4.00. The van der Waals surface area contributed by atoms with Crippen molar-refractivity contribution in [1.82, 2.24) is 10.1 Å². The quantitative estimate of drug-likeness (QED) is 0.752. The SMILES string of the molecule is CC(C)(C)Cc1noc(CC(C)(C)C)n1. The van der Waals surface area contributed by atoms with Gasteiger partial charge >= 0.3 is 0 Å². The molecule has 1 aromatic heterocycles. The van der Waals surface area contributed by atoms with E-state index in [1.165, 1.54) is 0 Å². The molecule has 0 spiro atoms. The predicted molar refractivity (Wildman–Crippen MR) is 60.6 cm³/mol. The largest absolute Gasteiger partial charge is 0.339 e. The number of rotatable bonds is 2. The van der Waals surface area contributed by atoms with Gasteiger partial charge in [0.1, 0.15) is 0 Å². The summed E-state index contributed by atoms with van der Waals surface area (Å²) in [7, 11) is 0. The molecule has 3 heteroatoms. The number of nitrogens with zero attached hydrogens (tertiary/aromatic N) is 2. The van der Waals surface area contributed by atoms with Crippen LogP contribution in [0.1, 0.15) is 53.3 Å². The lowest BCUT2D eigenvalue weighted by Gasteiger charge is -2.15. The second-order valence-corrected chi connectivity index (χ2v) is 6.58. The Morgan fingerprint density at radius 1 is 0.933 bits per heavy atom. The zero-order valence-electron chi connectivity index (χ0n) is 10.7. The molecule has 0 aliphatic heterocycles. The Balaban J connectivity index is 2.65. The molecule has 15 heavy (non-hydrogen) atoms. The van der Waals surface area contributed by atoms with Gasteiger partial charge in [0.25, 0.3) is 0 Å². The third kappa shape index (κ3) is 4.96. The molecule has 0 saturated heterocycles. The molecule has 0 N–H and O–H groups in total. The summed E-state index contributed by atoms with van der Waals surface area (Å²) in [6.45, 7) is 13.0. The van der Waals surface area contributed by atoms with Crippen molar-refractivity contribution < 1.29 is 4.52 Å². The maximum atomic E-state index is 5.23. The topological polar surface area (TPSA) is 38.9 Å². The predicted octanol–water partition coefficient (Wildman–Crippen LogP) is 3.25. The van der Waals surface area contributed by atoms with Crippen LogP contribution in [0.25, 0.3) is 0 Å². The van der Waals surface area contributed by atoms with Gasteiger partial charge < -0.3 is 4.52 Å². The van der Waals surface area contributed by atoms with Gasteiger partial charge in [0, 0.05) is 12.8 Å². The molecule has 1 heterocycles. The van der Waals surface area contributed by atoms with Crippen molar-refractivity contribution in [2.75, 3.05) is 0 Å². The lowest BCUT2D eigenvalue weighted by atomic mass is 9.91. The van der Waals surface area contributed by atoms with Crippen molar-refractivity contribution in [3.05, 3.63) is 11.7 Å². The van der Waals surface area contributed by atoms with Crippen molar-refractivity contribution in [2.24, 2.45) is 10.8 Å². The van der Waals surface area contributed by atoms with Crippen LogP contribution < -0.4 is 0 Å². The smallest absolute Gasteiger partial charge is 0.227 e. The lowest BCUT2D eigenvalue weighted by molar-refractivity contribution is 0.309. The van der Waals surface area contributed by atoms with E-state index in [0.717, 1.165) is 24.6 Å². The molecule has 0 saturated carbocycles. The fourth-order valence-electron chi connectivity index (χ4n) is 1.36. The van der Waals surface area contributed by atoms with Gasteiger partial charge in [-0.3, -0.25) is 0 Å². The average molecular weight is 210 g/mol. The highest BCUT2D eigenvalue weighted by Crippen LogP contribution is 2.22. The summed E-state index contributed by atoms with van der Waals surface area (Å²) in [4.78, 5) is 4.40. The summed E-state index contributed by atoms with van der Waals surface area (Å²) in [6.07, 6.45) is 1.70. The highest BCUT2D eigenvalue weighted by atomic mass is 16.5. The Labute approximate surface area is 92.3 Å². The first-order chi connectivity index (χ1) is 6.66. The standard InChI is InChI=1S/C12H22N2O/c1-11(2,3)7-9-13-10(15-14-9)8-12(4,5)6/h7-8H2,1-6H3. The first kappa shape index (κ1) is 12.2. The maximum absolute atomic E-state index is 5.23. The van der Waals surface area contributed by atoms with Crippen LogP contribution in [-0.2, 0) is 12.8 Å². The molecule has 3 nitrogen and oxygen atoms in total. The van der Waals surface area contributed by atoms with Gasteiger partial charge in [-0.05, 0) is 10.8 Å². The van der Waals surface area contributed by atoms with Crippen molar-refractivity contribution in [3.63, 3.8) is 0 Å². The van der Waals surface area contributed by atoms with Crippen LogP contribution in [0.15, 0.2) is 4.52 Å². The van der Waals surface area contributed by atoms with E-state index in [1.807, 2.05) is 0 Å². The lowest BCUT2D eigenvalue weighted by Crippen LogP contribution is -2.11. The third-order valence-corrected chi connectivity index (χ3v) is 1.88. The van der Waals surface area contributed by atoms with Crippen LogP contribution >= 0.6 is 0 Å². The van der Waals surface area contributed by atoms with E-state index in [1.54, 1.807) is 0 Å². The molecule has 1 rings (SSSR count). The van der Waals surface area contributed by atoms with Crippen molar-refractivity contribution in [1.29, 1.82) is 0 Å². The highest BCUT2D eigenvalue weighted by molar-refractivity contribution is 4.92. The van der Waals surface area contributed by atoms with Crippen molar-refractivity contribution in [2.45, 2.75) is 54.4 Å². The zero-order valence-corrected chi connectivity index (χ0v) is 10.7. The molecule has 0 aromatic carbocycles. The van der Waals surface area contributed by atoms with Crippen molar-refractivity contribution in [3.8, 4) is 0 Å². The molecular formula is C12H22N2O. The molecular weight excluding hydrogens is 188 g/mol. The molecule has 0 radical (unpaired) electrons. The zero-order chi connectivity index (χ0) is 11.7. The second kappa shape index (κ2) is 3.95. The maximum Gasteiger partial charge on any atom is 0.227 e. The van der Waals surface area contributed by atoms with Gasteiger partial charge in [-0.2, -0.15) is 4.98 Å². The number of hydrogen-bond acceptors (Lipinski definition) is 3. The average Bonchev–Trinajstić information content (AvgIpc) is 2.28. The number of aromatic nitrogens is 2. The normalized spacial score (nSPS) is 13.2. The molecule has 0 amide bonds. The molecule has 0 unspecified atom stereocenters. The van der Waals surface area contributed by atoms with Gasteiger partial charge in [-0.15, -0.1) is 0 Å². The fraction of sp³-hybridized carbons (Fsp3) is 0.833. The minimum atomic E-state index is 0.200.